The molecule has 0 atom stereocenters. The number of carbonyl (C=O) groups is 1. The number of aliphatic hydroxyl groups excluding tert-OH is 1. The molecule has 14 nitrogen and oxygen atoms in total. The third-order valence-electron chi connectivity index (χ3n) is 5.30. The molecule has 2 aromatic carbocycles. The Bertz CT molecular complexity index is 1630. The molecule has 0 aliphatic heterocycles. The maximum atomic E-state index is 13.2. The van der Waals surface area contributed by atoms with E-state index in [1.807, 2.05) is 0 Å². The molecule has 2 aromatic heterocycles. The van der Waals surface area contributed by atoms with Crippen LogP contribution in [0, 0.1) is 0 Å². The van der Waals surface area contributed by atoms with Gasteiger partial charge in [0.25, 0.3) is 15.9 Å². The Morgan fingerprint density at radius 3 is 2.47 bits per heavy atom. The van der Waals surface area contributed by atoms with E-state index in [1.54, 1.807) is 24.3 Å². The maximum Gasteiger partial charge on any atom is 0.412 e. The average Bonchev–Trinajstić information content (AvgIpc) is 3.01. The summed E-state index contributed by atoms with van der Waals surface area (Å²) in [6, 6.07) is 15.1. The van der Waals surface area contributed by atoms with Gasteiger partial charge >= 0.3 is 6.09 Å². The van der Waals surface area contributed by atoms with E-state index in [0.717, 1.165) is 6.33 Å². The number of hydrogen-bond acceptors (Lipinski definition) is 12. The number of amides is 1. The first-order chi connectivity index (χ1) is 20.8. The molecule has 0 aliphatic rings. The van der Waals surface area contributed by atoms with Crippen LogP contribution in [0.15, 0.2) is 78.1 Å². The molecule has 3 N–H and O–H groups in total. The molecule has 226 valence electrons. The van der Waals surface area contributed by atoms with Crippen LogP contribution in [-0.4, -0.2) is 68.1 Å². The molecular weight excluding hydrogens is 606 g/mol. The number of hydrogen-bond donors (Lipinski definition) is 3. The Morgan fingerprint density at radius 2 is 1.74 bits per heavy atom. The molecule has 4 aromatic rings. The van der Waals surface area contributed by atoms with Crippen LogP contribution in [0.5, 0.6) is 28.9 Å². The van der Waals surface area contributed by atoms with Crippen LogP contribution in [0.4, 0.5) is 16.4 Å². The molecule has 0 saturated heterocycles. The van der Waals surface area contributed by atoms with Crippen molar-refractivity contribution >= 4 is 39.4 Å². The van der Waals surface area contributed by atoms with Crippen molar-refractivity contribution in [3.8, 4) is 28.9 Å². The lowest BCUT2D eigenvalue weighted by Gasteiger charge is -2.17. The zero-order valence-electron chi connectivity index (χ0n) is 22.6. The number of nitrogens with one attached hydrogen (secondary N) is 2. The summed E-state index contributed by atoms with van der Waals surface area (Å²) in [4.78, 5) is 24.0. The molecule has 0 spiro atoms. The van der Waals surface area contributed by atoms with Gasteiger partial charge in [0.2, 0.25) is 5.75 Å². The van der Waals surface area contributed by atoms with Crippen LogP contribution < -0.4 is 29.0 Å². The molecule has 4 rings (SSSR count). The number of halogens is 1. The first-order valence-corrected chi connectivity index (χ1v) is 14.4. The van der Waals surface area contributed by atoms with Gasteiger partial charge in [0, 0.05) is 12.3 Å². The van der Waals surface area contributed by atoms with Gasteiger partial charge in [-0.3, -0.25) is 10.0 Å². The zero-order valence-corrected chi connectivity index (χ0v) is 24.2. The van der Waals surface area contributed by atoms with Crippen molar-refractivity contribution in [2.75, 3.05) is 43.6 Å². The lowest BCUT2D eigenvalue weighted by Crippen LogP contribution is -2.19. The normalized spacial score (nSPS) is 10.9. The number of ether oxygens (including phenoxy) is 5. The Kier molecular flexibility index (Phi) is 10.7. The summed E-state index contributed by atoms with van der Waals surface area (Å²) >= 11 is 6.32. The summed E-state index contributed by atoms with van der Waals surface area (Å²) in [7, 11) is -2.74. The van der Waals surface area contributed by atoms with Crippen molar-refractivity contribution in [3.05, 3.63) is 78.2 Å². The van der Waals surface area contributed by atoms with Crippen LogP contribution in [0.1, 0.15) is 0 Å². The Labute approximate surface area is 251 Å². The summed E-state index contributed by atoms with van der Waals surface area (Å²) in [5.41, 5.74) is 0. The number of anilines is 2. The third kappa shape index (κ3) is 8.81. The topological polar surface area (TPSA) is 180 Å². The number of benzene rings is 2. The van der Waals surface area contributed by atoms with Crippen LogP contribution in [0.3, 0.4) is 0 Å². The number of methoxy groups -OCH3 is 1. The standard InChI is InChI=1S/C27H26ClN5O9S/c1-38-19-7-10-21(28)22(16-19)42-24-25(33-43(36,37)20-8-5-18(6-9-20)39-13-12-34)30-17-31-26(24)40-14-15-41-27(35)32-23-4-2-3-11-29-23/h2-11,16-17,34H,12-15H2,1H3,(H,29,32,35)(H,30,31,33). The van der Waals surface area contributed by atoms with Crippen LogP contribution in [0.25, 0.3) is 0 Å². The fourth-order valence-electron chi connectivity index (χ4n) is 3.34. The van der Waals surface area contributed by atoms with Crippen molar-refractivity contribution in [2.24, 2.45) is 0 Å². The molecule has 2 heterocycles. The Balaban J connectivity index is 1.54. The zero-order chi connectivity index (χ0) is 30.7. The number of rotatable bonds is 14. The summed E-state index contributed by atoms with van der Waals surface area (Å²) in [5, 5.41) is 11.6. The van der Waals surface area contributed by atoms with Crippen molar-refractivity contribution in [3.63, 3.8) is 0 Å². The molecule has 0 radical (unpaired) electrons. The number of pyridine rings is 1. The molecule has 16 heteroatoms. The predicted octanol–water partition coefficient (Wildman–Crippen LogP) is 4.13. The predicted molar refractivity (Wildman–Crippen MR) is 155 cm³/mol. The molecule has 0 unspecified atom stereocenters. The van der Waals surface area contributed by atoms with E-state index >= 15 is 0 Å². The van der Waals surface area contributed by atoms with Gasteiger partial charge in [-0.2, -0.15) is 4.98 Å². The average molecular weight is 632 g/mol. The van der Waals surface area contributed by atoms with Gasteiger partial charge in [-0.05, 0) is 48.5 Å². The summed E-state index contributed by atoms with van der Waals surface area (Å²) < 4.78 is 56.1. The highest BCUT2D eigenvalue weighted by molar-refractivity contribution is 7.92. The second kappa shape index (κ2) is 14.9. The highest BCUT2D eigenvalue weighted by atomic mass is 35.5. The number of carbonyl (C=O) groups excluding carboxylic acids is 1. The largest absolute Gasteiger partial charge is 0.497 e. The van der Waals surface area contributed by atoms with Crippen LogP contribution in [0.2, 0.25) is 5.02 Å². The van der Waals surface area contributed by atoms with E-state index in [-0.39, 0.29) is 59.5 Å². The lowest BCUT2D eigenvalue weighted by molar-refractivity contribution is 0.135. The smallest absolute Gasteiger partial charge is 0.412 e. The summed E-state index contributed by atoms with van der Waals surface area (Å²) in [6.07, 6.45) is 1.82. The molecule has 0 aliphatic carbocycles. The summed E-state index contributed by atoms with van der Waals surface area (Å²) in [6.45, 7) is -0.518. The van der Waals surface area contributed by atoms with Gasteiger partial charge in [-0.1, -0.05) is 17.7 Å². The monoisotopic (exact) mass is 631 g/mol. The molecule has 0 fully saturated rings. The SMILES string of the molecule is COc1ccc(Cl)c(Oc2c(NS(=O)(=O)c3ccc(OCCO)cc3)ncnc2OCCOC(=O)Nc2ccccn2)c1. The fraction of sp³-hybridized carbons (Fsp3) is 0.185. The van der Waals surface area contributed by atoms with Gasteiger partial charge in [0.1, 0.15) is 49.2 Å². The Hall–Kier alpha value is -4.86. The first kappa shape index (κ1) is 31.1. The second-order valence-corrected chi connectivity index (χ2v) is 10.3. The Morgan fingerprint density at radius 1 is 0.953 bits per heavy atom. The van der Waals surface area contributed by atoms with E-state index in [9.17, 15) is 13.2 Å². The minimum Gasteiger partial charge on any atom is -0.497 e. The van der Waals surface area contributed by atoms with Crippen molar-refractivity contribution in [2.45, 2.75) is 4.90 Å². The second-order valence-electron chi connectivity index (χ2n) is 8.23. The molecule has 0 saturated carbocycles. The highest BCUT2D eigenvalue weighted by Crippen LogP contribution is 2.40. The minimum absolute atomic E-state index is 0.0571. The number of nitrogens with zero attached hydrogens (tertiary/aromatic N) is 3. The highest BCUT2D eigenvalue weighted by Gasteiger charge is 2.23. The molecule has 43 heavy (non-hydrogen) atoms. The van der Waals surface area contributed by atoms with E-state index in [1.165, 1.54) is 49.7 Å². The summed E-state index contributed by atoms with van der Waals surface area (Å²) in [5.74, 6) is 0.528. The van der Waals surface area contributed by atoms with Crippen molar-refractivity contribution in [1.82, 2.24) is 15.0 Å². The lowest BCUT2D eigenvalue weighted by atomic mass is 10.3. The maximum absolute atomic E-state index is 13.2. The number of aromatic nitrogens is 3. The van der Waals surface area contributed by atoms with Gasteiger partial charge in [0.05, 0.1) is 23.6 Å². The van der Waals surface area contributed by atoms with Crippen molar-refractivity contribution in [1.29, 1.82) is 0 Å². The molecular formula is C27H26ClN5O9S. The van der Waals surface area contributed by atoms with E-state index in [2.05, 4.69) is 25.0 Å². The van der Waals surface area contributed by atoms with Gasteiger partial charge in [0.15, 0.2) is 5.82 Å². The number of aliphatic hydroxyl groups is 1. The van der Waals surface area contributed by atoms with E-state index in [0.29, 0.717) is 17.3 Å². The molecule has 1 amide bonds. The van der Waals surface area contributed by atoms with Crippen LogP contribution >= 0.6 is 11.6 Å². The quantitative estimate of drug-likeness (QED) is 0.170. The minimum atomic E-state index is -4.19. The van der Waals surface area contributed by atoms with Gasteiger partial charge in [-0.25, -0.2) is 23.2 Å². The first-order valence-electron chi connectivity index (χ1n) is 12.5. The van der Waals surface area contributed by atoms with Gasteiger partial charge < -0.3 is 28.8 Å². The van der Waals surface area contributed by atoms with Gasteiger partial charge in [-0.15, -0.1) is 0 Å². The van der Waals surface area contributed by atoms with Crippen molar-refractivity contribution < 1.29 is 42.0 Å². The van der Waals surface area contributed by atoms with E-state index < -0.39 is 16.1 Å². The molecule has 0 bridgehead atoms. The number of sulfonamides is 1. The van der Waals surface area contributed by atoms with Crippen LogP contribution in [-0.2, 0) is 14.8 Å². The van der Waals surface area contributed by atoms with E-state index in [4.69, 9.17) is 40.4 Å². The third-order valence-corrected chi connectivity index (χ3v) is 6.96. The fourth-order valence-corrected chi connectivity index (χ4v) is 4.51.